The fourth-order valence-corrected chi connectivity index (χ4v) is 5.17. The molecule has 1 aliphatic heterocycles. The number of piperazine rings is 1. The summed E-state index contributed by atoms with van der Waals surface area (Å²) in [6.45, 7) is 2.26. The monoisotopic (exact) mass is 400 g/mol. The zero-order valence-corrected chi connectivity index (χ0v) is 16.0. The summed E-state index contributed by atoms with van der Waals surface area (Å²) in [6, 6.07) is 10.7. The normalized spacial score (nSPS) is 18.0. The highest BCUT2D eigenvalue weighted by Crippen LogP contribution is 2.30. The molecule has 0 radical (unpaired) electrons. The predicted octanol–water partition coefficient (Wildman–Crippen LogP) is 0.761. The van der Waals surface area contributed by atoms with E-state index >= 15 is 0 Å². The van der Waals surface area contributed by atoms with Crippen molar-refractivity contribution in [3.05, 3.63) is 64.7 Å². The molecule has 2 aliphatic rings. The summed E-state index contributed by atoms with van der Waals surface area (Å²) in [4.78, 5) is 27.5. The van der Waals surface area contributed by atoms with Gasteiger partial charge >= 0.3 is 0 Å². The predicted molar refractivity (Wildman–Crippen MR) is 102 cm³/mol. The Balaban J connectivity index is 1.66. The molecule has 2 aromatic carbocycles. The lowest BCUT2D eigenvalue weighted by molar-refractivity contribution is 0.0979. The molecule has 0 unspecified atom stereocenters. The van der Waals surface area contributed by atoms with E-state index in [-0.39, 0.29) is 34.2 Å². The van der Waals surface area contributed by atoms with Crippen molar-refractivity contribution in [2.45, 2.75) is 4.90 Å². The molecule has 1 fully saturated rings. The van der Waals surface area contributed by atoms with Crippen LogP contribution in [-0.2, 0) is 10.0 Å². The fraction of sp³-hybridized carbons (Fsp3) is 0.300. The molecule has 0 amide bonds. The first-order chi connectivity index (χ1) is 13.4. The van der Waals surface area contributed by atoms with Gasteiger partial charge in [0.25, 0.3) is 0 Å². The van der Waals surface area contributed by atoms with Crippen LogP contribution in [0.5, 0.6) is 0 Å². The standard InChI is InChI=1S/C20H20N2O5S/c23-12-11-21-7-9-22(10-8-21)28(26,27)14-5-6-17-18(13-14)20(25)16-4-2-1-3-15(16)19(17)24/h1-6,13,23H,7-12H2. The van der Waals surface area contributed by atoms with Gasteiger partial charge in [-0.3, -0.25) is 14.5 Å². The maximum atomic E-state index is 13.0. The first-order valence-corrected chi connectivity index (χ1v) is 10.5. The molecule has 1 aliphatic carbocycles. The van der Waals surface area contributed by atoms with Crippen molar-refractivity contribution in [1.82, 2.24) is 9.21 Å². The van der Waals surface area contributed by atoms with Gasteiger partial charge in [-0.05, 0) is 18.2 Å². The Morgan fingerprint density at radius 3 is 2.00 bits per heavy atom. The molecule has 0 saturated carbocycles. The molecule has 0 atom stereocenters. The minimum absolute atomic E-state index is 0.0161. The summed E-state index contributed by atoms with van der Waals surface area (Å²) in [5.41, 5.74) is 1.00. The smallest absolute Gasteiger partial charge is 0.243 e. The van der Waals surface area contributed by atoms with Crippen molar-refractivity contribution >= 4 is 21.6 Å². The van der Waals surface area contributed by atoms with Crippen LogP contribution in [0.2, 0.25) is 0 Å². The van der Waals surface area contributed by atoms with E-state index in [1.165, 1.54) is 22.5 Å². The van der Waals surface area contributed by atoms with E-state index in [9.17, 15) is 18.0 Å². The quantitative estimate of drug-likeness (QED) is 0.695. The number of benzene rings is 2. The van der Waals surface area contributed by atoms with Gasteiger partial charge in [0.1, 0.15) is 0 Å². The van der Waals surface area contributed by atoms with Crippen LogP contribution in [0.15, 0.2) is 47.4 Å². The van der Waals surface area contributed by atoms with Crippen molar-refractivity contribution in [2.75, 3.05) is 39.3 Å². The lowest BCUT2D eigenvalue weighted by Gasteiger charge is -2.33. The molecule has 2 aromatic rings. The van der Waals surface area contributed by atoms with Gasteiger partial charge < -0.3 is 5.11 Å². The van der Waals surface area contributed by atoms with E-state index in [0.717, 1.165) is 0 Å². The van der Waals surface area contributed by atoms with E-state index < -0.39 is 10.0 Å². The van der Waals surface area contributed by atoms with Gasteiger partial charge in [0.2, 0.25) is 10.0 Å². The molecule has 1 N–H and O–H groups in total. The third-order valence-corrected chi connectivity index (χ3v) is 7.18. The summed E-state index contributed by atoms with van der Waals surface area (Å²) >= 11 is 0. The molecule has 7 nitrogen and oxygen atoms in total. The number of aliphatic hydroxyl groups excluding tert-OH is 1. The van der Waals surface area contributed by atoms with Gasteiger partial charge in [0.05, 0.1) is 11.5 Å². The van der Waals surface area contributed by atoms with Gasteiger partial charge in [0.15, 0.2) is 11.6 Å². The average Bonchev–Trinajstić information content (AvgIpc) is 2.72. The van der Waals surface area contributed by atoms with Crippen molar-refractivity contribution in [2.24, 2.45) is 0 Å². The highest BCUT2D eigenvalue weighted by atomic mass is 32.2. The van der Waals surface area contributed by atoms with Gasteiger partial charge in [-0.25, -0.2) is 8.42 Å². The van der Waals surface area contributed by atoms with Crippen molar-refractivity contribution in [3.8, 4) is 0 Å². The minimum atomic E-state index is -3.77. The van der Waals surface area contributed by atoms with Crippen LogP contribution in [0, 0.1) is 0 Å². The van der Waals surface area contributed by atoms with Crippen molar-refractivity contribution < 1.29 is 23.1 Å². The van der Waals surface area contributed by atoms with Gasteiger partial charge in [-0.15, -0.1) is 0 Å². The largest absolute Gasteiger partial charge is 0.395 e. The molecule has 1 saturated heterocycles. The summed E-state index contributed by atoms with van der Waals surface area (Å²) in [5.74, 6) is -0.609. The lowest BCUT2D eigenvalue weighted by Crippen LogP contribution is -2.49. The Kier molecular flexibility index (Phi) is 4.88. The van der Waals surface area contributed by atoms with Crippen LogP contribution in [0.3, 0.4) is 0 Å². The Labute approximate surface area is 163 Å². The second-order valence-electron chi connectivity index (χ2n) is 6.88. The van der Waals surface area contributed by atoms with Gasteiger partial charge in [-0.1, -0.05) is 24.3 Å². The number of hydrogen-bond donors (Lipinski definition) is 1. The zero-order chi connectivity index (χ0) is 19.9. The Morgan fingerprint density at radius 2 is 1.39 bits per heavy atom. The highest BCUT2D eigenvalue weighted by Gasteiger charge is 2.33. The maximum Gasteiger partial charge on any atom is 0.243 e. The van der Waals surface area contributed by atoms with E-state index in [0.29, 0.717) is 43.9 Å². The van der Waals surface area contributed by atoms with Crippen LogP contribution in [0.25, 0.3) is 0 Å². The number of carbonyl (C=O) groups is 2. The third kappa shape index (κ3) is 3.08. The summed E-state index contributed by atoms with van der Waals surface area (Å²) < 4.78 is 27.4. The zero-order valence-electron chi connectivity index (χ0n) is 15.2. The van der Waals surface area contributed by atoms with Crippen molar-refractivity contribution in [3.63, 3.8) is 0 Å². The molecule has 146 valence electrons. The number of ketones is 2. The van der Waals surface area contributed by atoms with Crippen LogP contribution in [0.4, 0.5) is 0 Å². The Bertz CT molecular complexity index is 1060. The molecule has 0 bridgehead atoms. The number of aliphatic hydroxyl groups is 1. The summed E-state index contributed by atoms with van der Waals surface area (Å²) in [7, 11) is -3.77. The number of rotatable bonds is 4. The van der Waals surface area contributed by atoms with Crippen LogP contribution >= 0.6 is 0 Å². The second-order valence-corrected chi connectivity index (χ2v) is 8.82. The number of hydrogen-bond acceptors (Lipinski definition) is 6. The second kappa shape index (κ2) is 7.21. The molecule has 0 aromatic heterocycles. The summed E-state index contributed by atoms with van der Waals surface area (Å²) in [6.07, 6.45) is 0. The van der Waals surface area contributed by atoms with E-state index in [4.69, 9.17) is 5.11 Å². The third-order valence-electron chi connectivity index (χ3n) is 5.28. The van der Waals surface area contributed by atoms with Crippen molar-refractivity contribution in [1.29, 1.82) is 0 Å². The SMILES string of the molecule is O=C1c2ccccc2C(=O)c2cc(S(=O)(=O)N3CCN(CCO)CC3)ccc21. The topological polar surface area (TPSA) is 95.0 Å². The minimum Gasteiger partial charge on any atom is -0.395 e. The molecule has 1 heterocycles. The average molecular weight is 400 g/mol. The Morgan fingerprint density at radius 1 is 0.821 bits per heavy atom. The van der Waals surface area contributed by atoms with Crippen LogP contribution in [-0.4, -0.2) is 73.6 Å². The molecular formula is C20H20N2O5S. The number of β-amino-alcohol motifs (C(OH)–C–C–N with tert-alkyl or cyclic N) is 1. The first kappa shape index (κ1) is 18.9. The summed E-state index contributed by atoms with van der Waals surface area (Å²) in [5, 5.41) is 9.02. The van der Waals surface area contributed by atoms with Gasteiger partial charge in [0, 0.05) is 55.0 Å². The number of carbonyl (C=O) groups excluding carboxylic acids is 2. The molecular weight excluding hydrogens is 380 g/mol. The van der Waals surface area contributed by atoms with E-state index in [2.05, 4.69) is 0 Å². The molecule has 0 spiro atoms. The number of nitrogens with zero attached hydrogens (tertiary/aromatic N) is 2. The lowest BCUT2D eigenvalue weighted by atomic mass is 9.84. The fourth-order valence-electron chi connectivity index (χ4n) is 3.72. The van der Waals surface area contributed by atoms with Gasteiger partial charge in [-0.2, -0.15) is 4.31 Å². The Hall–Kier alpha value is -2.39. The van der Waals surface area contributed by atoms with Crippen LogP contribution in [0.1, 0.15) is 31.8 Å². The number of sulfonamides is 1. The maximum absolute atomic E-state index is 13.0. The molecule has 28 heavy (non-hydrogen) atoms. The van der Waals surface area contributed by atoms with E-state index in [1.807, 2.05) is 4.90 Å². The highest BCUT2D eigenvalue weighted by molar-refractivity contribution is 7.89. The van der Waals surface area contributed by atoms with Crippen LogP contribution < -0.4 is 0 Å². The first-order valence-electron chi connectivity index (χ1n) is 9.09. The molecule has 8 heteroatoms. The number of fused-ring (bicyclic) bond motifs is 2. The molecule has 4 rings (SSSR count). The van der Waals surface area contributed by atoms with E-state index in [1.54, 1.807) is 24.3 Å².